The summed E-state index contributed by atoms with van der Waals surface area (Å²) in [4.78, 5) is 77.4. The molecule has 1 saturated heterocycles. The fraction of sp³-hybridized carbons (Fsp3) is 0.561. The van der Waals surface area contributed by atoms with Gasteiger partial charge in [0.2, 0.25) is 17.7 Å². The normalized spacial score (nSPS) is 19.2. The molecule has 0 aliphatic carbocycles. The molecule has 15 heteroatoms. The van der Waals surface area contributed by atoms with Gasteiger partial charge >= 0.3 is 12.1 Å². The number of aliphatic carboxylic acids is 1. The van der Waals surface area contributed by atoms with Crippen molar-refractivity contribution in [3.63, 3.8) is 0 Å². The number of nitrogens with one attached hydrogen (secondary N) is 5. The lowest BCUT2D eigenvalue weighted by atomic mass is 10.0. The zero-order valence-electron chi connectivity index (χ0n) is 33.2. The number of carboxylic acid groups (broad SMARTS) is 1. The maximum Gasteiger partial charge on any atom is 0.407 e. The van der Waals surface area contributed by atoms with Gasteiger partial charge in [-0.15, -0.1) is 0 Å². The molecule has 1 heterocycles. The number of hydrogen-bond donors (Lipinski definition) is 6. The van der Waals surface area contributed by atoms with Crippen LogP contribution in [0.2, 0.25) is 0 Å². The lowest BCUT2D eigenvalue weighted by Crippen LogP contribution is -2.58. The molecule has 15 nitrogen and oxygen atoms in total. The largest absolute Gasteiger partial charge is 0.480 e. The molecule has 56 heavy (non-hydrogen) atoms. The summed E-state index contributed by atoms with van der Waals surface area (Å²) in [5, 5.41) is 22.6. The number of unbranched alkanes of at least 4 members (excludes halogenated alkanes) is 2. The summed E-state index contributed by atoms with van der Waals surface area (Å²) in [6.07, 6.45) is 4.80. The van der Waals surface area contributed by atoms with Crippen molar-refractivity contribution in [1.29, 1.82) is 0 Å². The third-order valence-corrected chi connectivity index (χ3v) is 8.86. The van der Waals surface area contributed by atoms with Crippen molar-refractivity contribution < 1.29 is 48.1 Å². The first kappa shape index (κ1) is 45.4. The van der Waals surface area contributed by atoms with Gasteiger partial charge in [-0.1, -0.05) is 49.7 Å². The number of carbonyl (C=O) groups is 6. The van der Waals surface area contributed by atoms with Crippen molar-refractivity contribution in [1.82, 2.24) is 26.6 Å². The van der Waals surface area contributed by atoms with Gasteiger partial charge in [0.1, 0.15) is 23.7 Å². The van der Waals surface area contributed by atoms with E-state index in [4.69, 9.17) is 14.2 Å². The van der Waals surface area contributed by atoms with E-state index in [9.17, 15) is 33.9 Å². The van der Waals surface area contributed by atoms with Gasteiger partial charge in [-0.3, -0.25) is 19.2 Å². The van der Waals surface area contributed by atoms with Crippen LogP contribution in [0.15, 0.2) is 48.5 Å². The van der Waals surface area contributed by atoms with Gasteiger partial charge in [0.25, 0.3) is 5.91 Å². The van der Waals surface area contributed by atoms with E-state index >= 15 is 0 Å². The van der Waals surface area contributed by atoms with Crippen LogP contribution in [0.25, 0.3) is 11.1 Å². The van der Waals surface area contributed by atoms with Crippen molar-refractivity contribution in [3.05, 3.63) is 59.7 Å². The summed E-state index contributed by atoms with van der Waals surface area (Å²) < 4.78 is 16.4. The van der Waals surface area contributed by atoms with E-state index < -0.39 is 65.5 Å². The molecule has 0 radical (unpaired) electrons. The minimum atomic E-state index is -1.32. The van der Waals surface area contributed by atoms with E-state index in [1.807, 2.05) is 12.1 Å². The molecule has 1 fully saturated rings. The predicted octanol–water partition coefficient (Wildman–Crippen LogP) is 3.88. The first-order valence-corrected chi connectivity index (χ1v) is 19.4. The Morgan fingerprint density at radius 2 is 1.50 bits per heavy atom. The highest BCUT2D eigenvalue weighted by Crippen LogP contribution is 2.21. The Morgan fingerprint density at radius 3 is 2.11 bits per heavy atom. The standard InChI is InChI=1S/C41H59N5O10/c1-6-7-12-28-14-16-29(17-15-28)30-18-20-31(21-19-30)36(48)44-32(13-8-9-22-42-40(53)56-41(3,4)5)37(49)45-33-25-54-23-10-11-24-55-26-34(39(51)52)46-35(47)27(2)43-38(33)50/h14-21,27,32-34H,6-13,22-26H2,1-5H3,(H,42,53)(H,43,50)(H,44,48)(H,45,49)(H,46,47)(H,51,52)/t27-,32-,33-,34-/m0/s1. The Bertz CT molecular complexity index is 1590. The van der Waals surface area contributed by atoms with Crippen molar-refractivity contribution >= 4 is 35.7 Å². The first-order chi connectivity index (χ1) is 26.7. The van der Waals surface area contributed by atoms with Crippen LogP contribution in [0.5, 0.6) is 0 Å². The zero-order valence-corrected chi connectivity index (χ0v) is 33.2. The number of alkyl carbamates (subject to hydrolysis) is 1. The molecule has 308 valence electrons. The van der Waals surface area contributed by atoms with E-state index in [0.717, 1.165) is 30.4 Å². The number of hydrogen-bond acceptors (Lipinski definition) is 9. The van der Waals surface area contributed by atoms with Gasteiger partial charge in [-0.05, 0) is 101 Å². The highest BCUT2D eigenvalue weighted by Gasteiger charge is 2.30. The second-order valence-corrected chi connectivity index (χ2v) is 14.9. The molecular formula is C41H59N5O10. The van der Waals surface area contributed by atoms with Crippen LogP contribution in [-0.4, -0.2) is 104 Å². The maximum atomic E-state index is 13.9. The minimum Gasteiger partial charge on any atom is -0.480 e. The van der Waals surface area contributed by atoms with Crippen LogP contribution in [0.4, 0.5) is 4.79 Å². The van der Waals surface area contributed by atoms with E-state index in [1.165, 1.54) is 12.5 Å². The lowest BCUT2D eigenvalue weighted by molar-refractivity contribution is -0.144. The van der Waals surface area contributed by atoms with Gasteiger partial charge in [-0.25, -0.2) is 9.59 Å². The van der Waals surface area contributed by atoms with E-state index in [-0.39, 0.29) is 39.4 Å². The molecule has 0 saturated carbocycles. The van der Waals surface area contributed by atoms with Crippen LogP contribution in [0, 0.1) is 0 Å². The van der Waals surface area contributed by atoms with E-state index in [1.54, 1.807) is 32.9 Å². The summed E-state index contributed by atoms with van der Waals surface area (Å²) >= 11 is 0. The molecule has 0 aromatic heterocycles. The van der Waals surface area contributed by atoms with Gasteiger partial charge < -0.3 is 45.9 Å². The van der Waals surface area contributed by atoms with E-state index in [2.05, 4.69) is 57.8 Å². The summed E-state index contributed by atoms with van der Waals surface area (Å²) in [6, 6.07) is 10.5. The Morgan fingerprint density at radius 1 is 0.875 bits per heavy atom. The number of rotatable bonds is 14. The third kappa shape index (κ3) is 16.4. The highest BCUT2D eigenvalue weighted by atomic mass is 16.6. The second-order valence-electron chi connectivity index (χ2n) is 14.9. The van der Waals surface area contributed by atoms with Crippen molar-refractivity contribution in [2.45, 2.75) is 116 Å². The maximum absolute atomic E-state index is 13.9. The molecule has 2 aromatic rings. The third-order valence-electron chi connectivity index (χ3n) is 8.86. The average molecular weight is 782 g/mol. The number of ether oxygens (including phenoxy) is 3. The van der Waals surface area contributed by atoms with E-state index in [0.29, 0.717) is 31.2 Å². The van der Waals surface area contributed by atoms with Gasteiger partial charge in [0.15, 0.2) is 6.04 Å². The fourth-order valence-corrected chi connectivity index (χ4v) is 5.66. The lowest BCUT2D eigenvalue weighted by Gasteiger charge is -2.25. The Balaban J connectivity index is 1.74. The van der Waals surface area contributed by atoms with Crippen LogP contribution in [0.3, 0.4) is 0 Å². The Kier molecular flexibility index (Phi) is 18.7. The Labute approximate surface area is 329 Å². The molecule has 5 amide bonds. The van der Waals surface area contributed by atoms with Crippen LogP contribution in [-0.2, 0) is 39.8 Å². The summed E-state index contributed by atoms with van der Waals surface area (Å²) in [5.41, 5.74) is 2.88. The number of benzene rings is 2. The number of carbonyl (C=O) groups excluding carboxylic acids is 5. The molecular weight excluding hydrogens is 722 g/mol. The Hall–Kier alpha value is -5.02. The second kappa shape index (κ2) is 23.1. The quantitative estimate of drug-likeness (QED) is 0.152. The molecule has 1 aliphatic rings. The monoisotopic (exact) mass is 781 g/mol. The average Bonchev–Trinajstić information content (AvgIpc) is 3.15. The van der Waals surface area contributed by atoms with Gasteiger partial charge in [0, 0.05) is 25.3 Å². The molecule has 6 N–H and O–H groups in total. The molecule has 0 unspecified atom stereocenters. The molecule has 0 bridgehead atoms. The molecule has 4 atom stereocenters. The molecule has 1 aliphatic heterocycles. The summed E-state index contributed by atoms with van der Waals surface area (Å²) in [5.74, 6) is -3.93. The van der Waals surface area contributed by atoms with Gasteiger partial charge in [-0.2, -0.15) is 0 Å². The highest BCUT2D eigenvalue weighted by molar-refractivity contribution is 5.99. The first-order valence-electron chi connectivity index (χ1n) is 19.4. The summed E-state index contributed by atoms with van der Waals surface area (Å²) in [7, 11) is 0. The van der Waals surface area contributed by atoms with Crippen LogP contribution < -0.4 is 26.6 Å². The smallest absolute Gasteiger partial charge is 0.407 e. The SMILES string of the molecule is CCCCc1ccc(-c2ccc(C(=O)N[C@@H](CCCCNC(=O)OC(C)(C)C)C(=O)N[C@H]3COCCCCOC[C@@H](C(=O)O)NC(=O)[C@H](C)NC3=O)cc2)cc1. The predicted molar refractivity (Wildman–Crippen MR) is 210 cm³/mol. The molecule has 0 spiro atoms. The summed E-state index contributed by atoms with van der Waals surface area (Å²) in [6.45, 7) is 9.07. The van der Waals surface area contributed by atoms with Crippen LogP contribution >= 0.6 is 0 Å². The minimum absolute atomic E-state index is 0.167. The van der Waals surface area contributed by atoms with Crippen molar-refractivity contribution in [2.75, 3.05) is 33.0 Å². The van der Waals surface area contributed by atoms with Crippen molar-refractivity contribution in [3.8, 4) is 11.1 Å². The number of aryl methyl sites for hydroxylation is 1. The molecule has 3 rings (SSSR count). The fourth-order valence-electron chi connectivity index (χ4n) is 5.66. The number of amides is 5. The van der Waals surface area contributed by atoms with Crippen molar-refractivity contribution in [2.24, 2.45) is 0 Å². The zero-order chi connectivity index (χ0) is 41.1. The topological polar surface area (TPSA) is 210 Å². The van der Waals surface area contributed by atoms with Crippen LogP contribution in [0.1, 0.15) is 95.5 Å². The molecule has 2 aromatic carbocycles. The number of carboxylic acids is 1. The van der Waals surface area contributed by atoms with Gasteiger partial charge in [0.05, 0.1) is 13.2 Å².